The molecule has 0 radical (unpaired) electrons. The van der Waals surface area contributed by atoms with E-state index in [1.807, 2.05) is 12.1 Å². The number of ether oxygens (including phenoxy) is 1. The summed E-state index contributed by atoms with van der Waals surface area (Å²) in [6, 6.07) is 19.1. The van der Waals surface area contributed by atoms with Gasteiger partial charge in [0, 0.05) is 55.6 Å². The van der Waals surface area contributed by atoms with Crippen molar-refractivity contribution in [2.24, 2.45) is 5.92 Å². The van der Waals surface area contributed by atoms with Crippen molar-refractivity contribution in [3.63, 3.8) is 0 Å². The van der Waals surface area contributed by atoms with Gasteiger partial charge in [-0.1, -0.05) is 43.6 Å². The van der Waals surface area contributed by atoms with Crippen molar-refractivity contribution in [3.05, 3.63) is 77.3 Å². The van der Waals surface area contributed by atoms with E-state index < -0.39 is 0 Å². The largest absolute Gasteiger partial charge is 0.508 e. The highest BCUT2D eigenvalue weighted by atomic mass is 35.5. The minimum Gasteiger partial charge on any atom is -0.508 e. The Morgan fingerprint density at radius 2 is 1.84 bits per heavy atom. The Morgan fingerprint density at radius 1 is 1.05 bits per heavy atom. The van der Waals surface area contributed by atoms with E-state index in [-0.39, 0.29) is 40.4 Å². The highest BCUT2D eigenvalue weighted by Gasteiger charge is 2.27. The number of benzene rings is 3. The molecular weight excluding hydrogens is 490 g/mol. The average Bonchev–Trinajstić information content (AvgIpc) is 2.86. The molecule has 1 saturated heterocycles. The summed E-state index contributed by atoms with van der Waals surface area (Å²) in [5, 5.41) is 23.3. The number of aromatic hydroxyl groups is 2. The van der Waals surface area contributed by atoms with E-state index in [4.69, 9.17) is 16.3 Å². The van der Waals surface area contributed by atoms with Crippen LogP contribution in [0, 0.1) is 5.92 Å². The molecule has 1 heterocycles. The lowest BCUT2D eigenvalue weighted by atomic mass is 10.0. The molecule has 1 aliphatic rings. The molecule has 1 amide bonds. The first-order valence-electron chi connectivity index (χ1n) is 12.6. The van der Waals surface area contributed by atoms with Crippen molar-refractivity contribution in [3.8, 4) is 23.0 Å². The molecule has 4 rings (SSSR count). The maximum atomic E-state index is 13.1. The SMILES string of the molecule is CC(C)[C@@H](CN1CCN(c2cccc(O)c2)[C@@H](C)C1)NC(=O)c1ccc(Oc2ccccc2O)c(Cl)c1. The number of hydrogen-bond acceptors (Lipinski definition) is 6. The minimum absolute atomic E-state index is 0.0113. The Morgan fingerprint density at radius 3 is 2.51 bits per heavy atom. The average molecular weight is 524 g/mol. The van der Waals surface area contributed by atoms with Gasteiger partial charge in [-0.05, 0) is 55.3 Å². The fourth-order valence-corrected chi connectivity index (χ4v) is 4.81. The number of phenolic OH excluding ortho intramolecular Hbond substituents is 2. The molecule has 0 aromatic heterocycles. The lowest BCUT2D eigenvalue weighted by Crippen LogP contribution is -2.56. The number of hydrogen-bond donors (Lipinski definition) is 3. The zero-order valence-electron chi connectivity index (χ0n) is 21.4. The maximum absolute atomic E-state index is 13.1. The number of nitrogens with zero attached hydrogens (tertiary/aromatic N) is 2. The number of carbonyl (C=O) groups is 1. The Balaban J connectivity index is 1.37. The van der Waals surface area contributed by atoms with Crippen LogP contribution in [0.2, 0.25) is 5.02 Å². The van der Waals surface area contributed by atoms with Gasteiger partial charge in [0.05, 0.1) is 5.02 Å². The van der Waals surface area contributed by atoms with Crippen molar-refractivity contribution in [2.45, 2.75) is 32.9 Å². The van der Waals surface area contributed by atoms with E-state index in [1.165, 1.54) is 6.07 Å². The number of phenols is 2. The third-order valence-corrected chi connectivity index (χ3v) is 7.02. The van der Waals surface area contributed by atoms with Crippen molar-refractivity contribution < 1.29 is 19.7 Å². The molecule has 37 heavy (non-hydrogen) atoms. The highest BCUT2D eigenvalue weighted by molar-refractivity contribution is 6.32. The first-order valence-corrected chi connectivity index (χ1v) is 12.9. The molecule has 0 bridgehead atoms. The molecule has 7 nitrogen and oxygen atoms in total. The fraction of sp³-hybridized carbons (Fsp3) is 0.345. The van der Waals surface area contributed by atoms with Crippen LogP contribution in [0.15, 0.2) is 66.7 Å². The smallest absolute Gasteiger partial charge is 0.251 e. The molecule has 3 aromatic rings. The van der Waals surface area contributed by atoms with Gasteiger partial charge in [-0.25, -0.2) is 0 Å². The molecule has 0 saturated carbocycles. The molecule has 0 aliphatic carbocycles. The summed E-state index contributed by atoms with van der Waals surface area (Å²) in [7, 11) is 0. The van der Waals surface area contributed by atoms with E-state index in [1.54, 1.807) is 48.5 Å². The van der Waals surface area contributed by atoms with Gasteiger partial charge >= 0.3 is 0 Å². The van der Waals surface area contributed by atoms with E-state index in [0.29, 0.717) is 17.1 Å². The summed E-state index contributed by atoms with van der Waals surface area (Å²) >= 11 is 6.41. The molecule has 1 fully saturated rings. The number of halogens is 1. The molecular formula is C29H34ClN3O4. The molecule has 196 valence electrons. The van der Waals surface area contributed by atoms with Gasteiger partial charge in [0.25, 0.3) is 5.91 Å². The van der Waals surface area contributed by atoms with Gasteiger partial charge in [-0.15, -0.1) is 0 Å². The number of rotatable bonds is 8. The summed E-state index contributed by atoms with van der Waals surface area (Å²) in [4.78, 5) is 17.8. The van der Waals surface area contributed by atoms with Crippen LogP contribution in [0.1, 0.15) is 31.1 Å². The third-order valence-electron chi connectivity index (χ3n) is 6.73. The van der Waals surface area contributed by atoms with Crippen LogP contribution in [-0.2, 0) is 0 Å². The number of anilines is 1. The molecule has 0 spiro atoms. The van der Waals surface area contributed by atoms with Gasteiger partial charge in [0.2, 0.25) is 0 Å². The molecule has 3 N–H and O–H groups in total. The van der Waals surface area contributed by atoms with E-state index >= 15 is 0 Å². The van der Waals surface area contributed by atoms with Gasteiger partial charge in [0.15, 0.2) is 11.5 Å². The lowest BCUT2D eigenvalue weighted by molar-refractivity contribution is 0.0903. The fourth-order valence-electron chi connectivity index (χ4n) is 4.59. The number of amides is 1. The Labute approximate surface area is 223 Å². The molecule has 3 aromatic carbocycles. The Bertz CT molecular complexity index is 1240. The summed E-state index contributed by atoms with van der Waals surface area (Å²) in [5.74, 6) is 0.979. The van der Waals surface area contributed by atoms with Crippen LogP contribution < -0.4 is 15.0 Å². The highest BCUT2D eigenvalue weighted by Crippen LogP contribution is 2.34. The van der Waals surface area contributed by atoms with Gasteiger partial charge in [-0.2, -0.15) is 0 Å². The molecule has 8 heteroatoms. The van der Waals surface area contributed by atoms with Crippen molar-refractivity contribution in [2.75, 3.05) is 31.1 Å². The predicted molar refractivity (Wildman–Crippen MR) is 147 cm³/mol. The minimum atomic E-state index is -0.193. The molecule has 2 atom stereocenters. The lowest BCUT2D eigenvalue weighted by Gasteiger charge is -2.42. The van der Waals surface area contributed by atoms with Crippen LogP contribution in [0.5, 0.6) is 23.0 Å². The van der Waals surface area contributed by atoms with Crippen LogP contribution >= 0.6 is 11.6 Å². The van der Waals surface area contributed by atoms with Crippen molar-refractivity contribution in [1.29, 1.82) is 0 Å². The standard InChI is InChI=1S/C29H34ClN3O4/c1-19(2)25(18-32-13-14-33(20(3)17-32)22-7-6-8-23(34)16-22)31-29(36)21-11-12-27(24(30)15-21)37-28-10-5-4-9-26(28)35/h4-12,15-16,19-20,25,34-35H,13-14,17-18H2,1-3H3,(H,31,36)/t20-,25+/m0/s1. The van der Waals surface area contributed by atoms with Crippen molar-refractivity contribution in [1.82, 2.24) is 10.2 Å². The number of carbonyl (C=O) groups excluding carboxylic acids is 1. The number of piperazine rings is 1. The van der Waals surface area contributed by atoms with Crippen molar-refractivity contribution >= 4 is 23.2 Å². The summed E-state index contributed by atoms with van der Waals surface area (Å²) in [6.45, 7) is 9.70. The zero-order chi connectivity index (χ0) is 26.5. The molecule has 0 unspecified atom stereocenters. The third kappa shape index (κ3) is 6.67. The normalized spacial score (nSPS) is 17.0. The van der Waals surface area contributed by atoms with E-state index in [2.05, 4.69) is 35.9 Å². The second-order valence-electron chi connectivity index (χ2n) is 9.86. The summed E-state index contributed by atoms with van der Waals surface area (Å²) < 4.78 is 5.71. The van der Waals surface area contributed by atoms with E-state index in [9.17, 15) is 15.0 Å². The first-order chi connectivity index (χ1) is 17.7. The first kappa shape index (κ1) is 26.6. The second-order valence-corrected chi connectivity index (χ2v) is 10.3. The Hall–Kier alpha value is -3.42. The van der Waals surface area contributed by atoms with Gasteiger partial charge in [-0.3, -0.25) is 9.69 Å². The quantitative estimate of drug-likeness (QED) is 0.361. The van der Waals surface area contributed by atoms with Crippen LogP contribution in [0.25, 0.3) is 0 Å². The van der Waals surface area contributed by atoms with E-state index in [0.717, 1.165) is 31.9 Å². The monoisotopic (exact) mass is 523 g/mol. The number of para-hydroxylation sites is 2. The zero-order valence-corrected chi connectivity index (χ0v) is 22.2. The Kier molecular flexibility index (Phi) is 8.46. The van der Waals surface area contributed by atoms with Gasteiger partial charge < -0.3 is 25.2 Å². The molecule has 1 aliphatic heterocycles. The summed E-state index contributed by atoms with van der Waals surface area (Å²) in [5.41, 5.74) is 1.47. The second kappa shape index (κ2) is 11.8. The van der Waals surface area contributed by atoms with Crippen LogP contribution in [-0.4, -0.2) is 59.3 Å². The maximum Gasteiger partial charge on any atom is 0.251 e. The predicted octanol–water partition coefficient (Wildman–Crippen LogP) is 5.51. The van der Waals surface area contributed by atoms with Crippen LogP contribution in [0.3, 0.4) is 0 Å². The van der Waals surface area contributed by atoms with Crippen LogP contribution in [0.4, 0.5) is 5.69 Å². The summed E-state index contributed by atoms with van der Waals surface area (Å²) in [6.07, 6.45) is 0. The number of nitrogens with one attached hydrogen (secondary N) is 1. The topological polar surface area (TPSA) is 85.3 Å². The van der Waals surface area contributed by atoms with Gasteiger partial charge in [0.1, 0.15) is 11.5 Å².